The lowest BCUT2D eigenvalue weighted by Gasteiger charge is -2.30. The molecule has 1 saturated carbocycles. The third-order valence-corrected chi connectivity index (χ3v) is 3.42. The van der Waals surface area contributed by atoms with Gasteiger partial charge in [-0.2, -0.15) is 0 Å². The average Bonchev–Trinajstić information content (AvgIpc) is 2.76. The SMILES string of the molecule is CC1=C(C)CN(CC2(N)CC2)CC1. The first-order valence-electron chi connectivity index (χ1n) is 5.26. The molecule has 1 aliphatic heterocycles. The lowest BCUT2D eigenvalue weighted by Crippen LogP contribution is -2.42. The first-order chi connectivity index (χ1) is 6.09. The zero-order chi connectivity index (χ0) is 9.47. The molecule has 0 atom stereocenters. The molecule has 2 rings (SSSR count). The third kappa shape index (κ3) is 2.12. The van der Waals surface area contributed by atoms with Gasteiger partial charge in [-0.05, 0) is 33.1 Å². The molecule has 1 aliphatic carbocycles. The Balaban J connectivity index is 1.90. The minimum absolute atomic E-state index is 0.186. The van der Waals surface area contributed by atoms with Crippen LogP contribution >= 0.6 is 0 Å². The lowest BCUT2D eigenvalue weighted by molar-refractivity contribution is 0.260. The van der Waals surface area contributed by atoms with Crippen LogP contribution in [0, 0.1) is 0 Å². The zero-order valence-corrected chi connectivity index (χ0v) is 8.77. The van der Waals surface area contributed by atoms with Crippen molar-refractivity contribution in [1.82, 2.24) is 4.90 Å². The van der Waals surface area contributed by atoms with Crippen LogP contribution in [0.3, 0.4) is 0 Å². The Morgan fingerprint density at radius 2 is 2.00 bits per heavy atom. The van der Waals surface area contributed by atoms with Gasteiger partial charge < -0.3 is 5.73 Å². The van der Waals surface area contributed by atoms with Crippen LogP contribution < -0.4 is 5.73 Å². The van der Waals surface area contributed by atoms with E-state index < -0.39 is 0 Å². The second-order valence-electron chi connectivity index (χ2n) is 4.88. The molecule has 0 bridgehead atoms. The molecule has 0 unspecified atom stereocenters. The van der Waals surface area contributed by atoms with E-state index in [4.69, 9.17) is 5.73 Å². The number of hydrogen-bond donors (Lipinski definition) is 1. The van der Waals surface area contributed by atoms with Crippen LogP contribution in [0.1, 0.15) is 33.1 Å². The number of rotatable bonds is 2. The Kier molecular flexibility index (Phi) is 2.20. The Morgan fingerprint density at radius 3 is 2.54 bits per heavy atom. The van der Waals surface area contributed by atoms with Gasteiger partial charge in [0.2, 0.25) is 0 Å². The highest BCUT2D eigenvalue weighted by atomic mass is 15.2. The Morgan fingerprint density at radius 1 is 1.31 bits per heavy atom. The second kappa shape index (κ2) is 3.10. The van der Waals surface area contributed by atoms with Gasteiger partial charge in [0.05, 0.1) is 0 Å². The van der Waals surface area contributed by atoms with Crippen LogP contribution in [0.2, 0.25) is 0 Å². The molecule has 0 aromatic heterocycles. The zero-order valence-electron chi connectivity index (χ0n) is 8.77. The first-order valence-corrected chi connectivity index (χ1v) is 5.26. The smallest absolute Gasteiger partial charge is 0.0284 e. The number of nitrogens with two attached hydrogens (primary N) is 1. The maximum absolute atomic E-state index is 6.10. The van der Waals surface area contributed by atoms with Crippen molar-refractivity contribution in [3.8, 4) is 0 Å². The van der Waals surface area contributed by atoms with Crippen LogP contribution in [0.5, 0.6) is 0 Å². The van der Waals surface area contributed by atoms with Gasteiger partial charge in [0.1, 0.15) is 0 Å². The summed E-state index contributed by atoms with van der Waals surface area (Å²) in [5.74, 6) is 0. The molecular formula is C11H20N2. The summed E-state index contributed by atoms with van der Waals surface area (Å²) in [6.45, 7) is 7.96. The highest BCUT2D eigenvalue weighted by Crippen LogP contribution is 2.33. The van der Waals surface area contributed by atoms with Crippen molar-refractivity contribution in [2.75, 3.05) is 19.6 Å². The Bertz CT molecular complexity index is 238. The van der Waals surface area contributed by atoms with E-state index in [1.165, 1.54) is 25.8 Å². The molecule has 0 aromatic carbocycles. The summed E-state index contributed by atoms with van der Waals surface area (Å²) in [5, 5.41) is 0. The predicted molar refractivity (Wildman–Crippen MR) is 55.6 cm³/mol. The largest absolute Gasteiger partial charge is 0.324 e. The van der Waals surface area contributed by atoms with E-state index in [9.17, 15) is 0 Å². The normalized spacial score (nSPS) is 27.9. The van der Waals surface area contributed by atoms with Gasteiger partial charge in [-0.25, -0.2) is 0 Å². The standard InChI is InChI=1S/C11H20N2/c1-9-3-6-13(7-10(9)2)8-11(12)4-5-11/h3-8,12H2,1-2H3. The molecule has 2 N–H and O–H groups in total. The highest BCUT2D eigenvalue weighted by molar-refractivity contribution is 5.15. The number of nitrogens with zero attached hydrogens (tertiary/aromatic N) is 1. The van der Waals surface area contributed by atoms with Gasteiger partial charge >= 0.3 is 0 Å². The van der Waals surface area contributed by atoms with Crippen LogP contribution in [0.25, 0.3) is 0 Å². The van der Waals surface area contributed by atoms with Crippen molar-refractivity contribution in [2.24, 2.45) is 5.73 Å². The molecule has 2 aliphatic rings. The summed E-state index contributed by atoms with van der Waals surface area (Å²) in [6, 6.07) is 0. The Hall–Kier alpha value is -0.340. The molecule has 74 valence electrons. The van der Waals surface area contributed by atoms with E-state index in [0.717, 1.165) is 13.1 Å². The van der Waals surface area contributed by atoms with Crippen LogP contribution in [-0.4, -0.2) is 30.1 Å². The molecule has 2 heteroatoms. The van der Waals surface area contributed by atoms with E-state index in [1.807, 2.05) is 0 Å². The highest BCUT2D eigenvalue weighted by Gasteiger charge is 2.39. The lowest BCUT2D eigenvalue weighted by atomic mass is 10.0. The summed E-state index contributed by atoms with van der Waals surface area (Å²) in [5.41, 5.74) is 9.42. The molecule has 0 radical (unpaired) electrons. The molecule has 13 heavy (non-hydrogen) atoms. The van der Waals surface area contributed by atoms with E-state index in [0.29, 0.717) is 0 Å². The van der Waals surface area contributed by atoms with Crippen molar-refractivity contribution in [1.29, 1.82) is 0 Å². The monoisotopic (exact) mass is 180 g/mol. The van der Waals surface area contributed by atoms with E-state index in [1.54, 1.807) is 11.1 Å². The summed E-state index contributed by atoms with van der Waals surface area (Å²) >= 11 is 0. The maximum atomic E-state index is 6.10. The molecule has 0 spiro atoms. The van der Waals surface area contributed by atoms with Crippen molar-refractivity contribution in [3.05, 3.63) is 11.1 Å². The Labute approximate surface area is 80.8 Å². The summed E-state index contributed by atoms with van der Waals surface area (Å²) in [6.07, 6.45) is 3.69. The van der Waals surface area contributed by atoms with Gasteiger partial charge in [-0.1, -0.05) is 11.1 Å². The van der Waals surface area contributed by atoms with Gasteiger partial charge in [-0.3, -0.25) is 4.90 Å². The van der Waals surface area contributed by atoms with Crippen molar-refractivity contribution < 1.29 is 0 Å². The summed E-state index contributed by atoms with van der Waals surface area (Å²) in [4.78, 5) is 2.51. The fourth-order valence-corrected chi connectivity index (χ4v) is 1.99. The quantitative estimate of drug-likeness (QED) is 0.653. The van der Waals surface area contributed by atoms with E-state index in [2.05, 4.69) is 18.7 Å². The first kappa shape index (κ1) is 9.22. The van der Waals surface area contributed by atoms with Gasteiger partial charge in [-0.15, -0.1) is 0 Å². The van der Waals surface area contributed by atoms with E-state index in [-0.39, 0.29) is 5.54 Å². The van der Waals surface area contributed by atoms with Gasteiger partial charge in [0.25, 0.3) is 0 Å². The van der Waals surface area contributed by atoms with E-state index >= 15 is 0 Å². The van der Waals surface area contributed by atoms with Crippen LogP contribution in [0.4, 0.5) is 0 Å². The minimum atomic E-state index is 0.186. The fraction of sp³-hybridized carbons (Fsp3) is 0.818. The average molecular weight is 180 g/mol. The molecule has 2 nitrogen and oxygen atoms in total. The topological polar surface area (TPSA) is 29.3 Å². The molecule has 0 amide bonds. The fourth-order valence-electron chi connectivity index (χ4n) is 1.99. The maximum Gasteiger partial charge on any atom is 0.0284 e. The summed E-state index contributed by atoms with van der Waals surface area (Å²) in [7, 11) is 0. The molecule has 1 heterocycles. The number of hydrogen-bond acceptors (Lipinski definition) is 2. The van der Waals surface area contributed by atoms with Crippen molar-refractivity contribution in [3.63, 3.8) is 0 Å². The molecular weight excluding hydrogens is 160 g/mol. The molecule has 1 fully saturated rings. The van der Waals surface area contributed by atoms with Crippen LogP contribution in [0.15, 0.2) is 11.1 Å². The summed E-state index contributed by atoms with van der Waals surface area (Å²) < 4.78 is 0. The van der Waals surface area contributed by atoms with Crippen LogP contribution in [-0.2, 0) is 0 Å². The van der Waals surface area contributed by atoms with Gasteiger partial charge in [0, 0.05) is 25.2 Å². The second-order valence-corrected chi connectivity index (χ2v) is 4.88. The van der Waals surface area contributed by atoms with Gasteiger partial charge in [0.15, 0.2) is 0 Å². The molecule has 0 aromatic rings. The van der Waals surface area contributed by atoms with Crippen molar-refractivity contribution >= 4 is 0 Å². The van der Waals surface area contributed by atoms with Crippen molar-refractivity contribution in [2.45, 2.75) is 38.6 Å². The minimum Gasteiger partial charge on any atom is -0.324 e. The third-order valence-electron chi connectivity index (χ3n) is 3.42. The predicted octanol–water partition coefficient (Wildman–Crippen LogP) is 1.52. The molecule has 0 saturated heterocycles.